The highest BCUT2D eigenvalue weighted by atomic mass is 32.1. The number of carbonyl (C=O) groups is 2. The summed E-state index contributed by atoms with van der Waals surface area (Å²) in [7, 11) is 0. The molecule has 0 fully saturated rings. The molecular weight excluding hydrogens is 422 g/mol. The third-order valence-corrected chi connectivity index (χ3v) is 5.84. The predicted molar refractivity (Wildman–Crippen MR) is 126 cm³/mol. The zero-order valence-corrected chi connectivity index (χ0v) is 18.1. The van der Waals surface area contributed by atoms with Gasteiger partial charge in [-0.25, -0.2) is 4.79 Å². The number of benzene rings is 2. The Morgan fingerprint density at radius 1 is 0.906 bits per heavy atom. The molecule has 3 amide bonds. The SMILES string of the molecule is O=C(NCc1cccc(NC(=O)c2ccco2)c1)NC(Cc1ccccc1)c1cccs1. The van der Waals surface area contributed by atoms with Crippen LogP contribution in [0.3, 0.4) is 0 Å². The van der Waals surface area contributed by atoms with Crippen LogP contribution in [0.25, 0.3) is 0 Å². The molecule has 0 aliphatic rings. The number of nitrogens with one attached hydrogen (secondary N) is 3. The van der Waals surface area contributed by atoms with Gasteiger partial charge in [0, 0.05) is 17.1 Å². The lowest BCUT2D eigenvalue weighted by Gasteiger charge is -2.18. The van der Waals surface area contributed by atoms with Crippen LogP contribution in [0.5, 0.6) is 0 Å². The van der Waals surface area contributed by atoms with E-state index in [-0.39, 0.29) is 23.7 Å². The van der Waals surface area contributed by atoms with Gasteiger partial charge in [-0.05, 0) is 53.3 Å². The number of rotatable bonds is 8. The summed E-state index contributed by atoms with van der Waals surface area (Å²) in [4.78, 5) is 25.9. The molecule has 4 rings (SSSR count). The van der Waals surface area contributed by atoms with Crippen molar-refractivity contribution in [3.8, 4) is 0 Å². The van der Waals surface area contributed by atoms with E-state index in [0.29, 0.717) is 18.7 Å². The van der Waals surface area contributed by atoms with Gasteiger partial charge >= 0.3 is 6.03 Å². The molecule has 0 saturated carbocycles. The van der Waals surface area contributed by atoms with Gasteiger partial charge in [-0.15, -0.1) is 11.3 Å². The van der Waals surface area contributed by atoms with Crippen LogP contribution >= 0.6 is 11.3 Å². The molecule has 4 aromatic rings. The zero-order valence-electron chi connectivity index (χ0n) is 17.3. The molecule has 0 spiro atoms. The quantitative estimate of drug-likeness (QED) is 0.341. The molecule has 2 aromatic carbocycles. The van der Waals surface area contributed by atoms with Gasteiger partial charge in [0.05, 0.1) is 12.3 Å². The van der Waals surface area contributed by atoms with Crippen molar-refractivity contribution in [3.63, 3.8) is 0 Å². The number of amides is 3. The summed E-state index contributed by atoms with van der Waals surface area (Å²) in [5.74, 6) is -0.0801. The van der Waals surface area contributed by atoms with Crippen molar-refractivity contribution < 1.29 is 14.0 Å². The number of hydrogen-bond donors (Lipinski definition) is 3. The first kappa shape index (κ1) is 21.4. The van der Waals surface area contributed by atoms with Crippen LogP contribution < -0.4 is 16.0 Å². The number of carbonyl (C=O) groups excluding carboxylic acids is 2. The average molecular weight is 446 g/mol. The van der Waals surface area contributed by atoms with Crippen molar-refractivity contribution in [1.29, 1.82) is 0 Å². The number of urea groups is 1. The molecule has 32 heavy (non-hydrogen) atoms. The molecule has 3 N–H and O–H groups in total. The number of hydrogen-bond acceptors (Lipinski definition) is 4. The van der Waals surface area contributed by atoms with Crippen LogP contribution in [0.15, 0.2) is 94.9 Å². The van der Waals surface area contributed by atoms with E-state index in [4.69, 9.17) is 4.42 Å². The average Bonchev–Trinajstić information content (AvgIpc) is 3.53. The third-order valence-electron chi connectivity index (χ3n) is 4.86. The number of furan rings is 1. The van der Waals surface area contributed by atoms with Crippen molar-refractivity contribution in [2.75, 3.05) is 5.32 Å². The highest BCUT2D eigenvalue weighted by Gasteiger charge is 2.16. The zero-order chi connectivity index (χ0) is 22.2. The van der Waals surface area contributed by atoms with E-state index in [1.165, 1.54) is 6.26 Å². The van der Waals surface area contributed by atoms with Crippen LogP contribution in [0.2, 0.25) is 0 Å². The highest BCUT2D eigenvalue weighted by molar-refractivity contribution is 7.10. The Balaban J connectivity index is 1.34. The van der Waals surface area contributed by atoms with E-state index in [1.807, 2.05) is 53.9 Å². The second-order valence-electron chi connectivity index (χ2n) is 7.22. The summed E-state index contributed by atoms with van der Waals surface area (Å²) < 4.78 is 5.11. The molecule has 0 bridgehead atoms. The van der Waals surface area contributed by atoms with Crippen LogP contribution in [0.4, 0.5) is 10.5 Å². The van der Waals surface area contributed by atoms with Crippen molar-refractivity contribution in [1.82, 2.24) is 10.6 Å². The smallest absolute Gasteiger partial charge is 0.315 e. The van der Waals surface area contributed by atoms with E-state index in [9.17, 15) is 9.59 Å². The highest BCUT2D eigenvalue weighted by Crippen LogP contribution is 2.23. The second-order valence-corrected chi connectivity index (χ2v) is 8.20. The maximum absolute atomic E-state index is 12.6. The fourth-order valence-electron chi connectivity index (χ4n) is 3.31. The minimum atomic E-state index is -0.322. The largest absolute Gasteiger partial charge is 0.459 e. The summed E-state index contributed by atoms with van der Waals surface area (Å²) >= 11 is 1.62. The van der Waals surface area contributed by atoms with Crippen LogP contribution in [-0.2, 0) is 13.0 Å². The minimum Gasteiger partial charge on any atom is -0.459 e. The summed E-state index contributed by atoms with van der Waals surface area (Å²) in [5, 5.41) is 10.8. The van der Waals surface area contributed by atoms with E-state index in [1.54, 1.807) is 29.5 Å². The van der Waals surface area contributed by atoms with Gasteiger partial charge in [0.1, 0.15) is 0 Å². The molecule has 0 saturated heterocycles. The molecular formula is C25H23N3O3S. The van der Waals surface area contributed by atoms with Gasteiger partial charge in [-0.1, -0.05) is 48.5 Å². The van der Waals surface area contributed by atoms with E-state index < -0.39 is 0 Å². The number of anilines is 1. The fourth-order valence-corrected chi connectivity index (χ4v) is 4.09. The maximum Gasteiger partial charge on any atom is 0.315 e. The van der Waals surface area contributed by atoms with E-state index in [2.05, 4.69) is 28.1 Å². The summed E-state index contributed by atoms with van der Waals surface area (Å²) in [6, 6.07) is 24.3. The van der Waals surface area contributed by atoms with Gasteiger partial charge < -0.3 is 20.4 Å². The molecule has 2 heterocycles. The van der Waals surface area contributed by atoms with Gasteiger partial charge in [0.15, 0.2) is 5.76 Å². The lowest BCUT2D eigenvalue weighted by molar-refractivity contribution is 0.0996. The van der Waals surface area contributed by atoms with E-state index >= 15 is 0 Å². The first-order valence-corrected chi connectivity index (χ1v) is 11.1. The van der Waals surface area contributed by atoms with Crippen molar-refractivity contribution in [2.45, 2.75) is 19.0 Å². The molecule has 1 atom stereocenters. The Bertz CT molecular complexity index is 1140. The van der Waals surface area contributed by atoms with Gasteiger partial charge in [-0.3, -0.25) is 4.79 Å². The fraction of sp³-hybridized carbons (Fsp3) is 0.120. The van der Waals surface area contributed by atoms with Crippen LogP contribution in [0.1, 0.15) is 32.6 Å². The molecule has 162 valence electrons. The molecule has 0 aliphatic heterocycles. The molecule has 0 radical (unpaired) electrons. The monoisotopic (exact) mass is 445 g/mol. The Kier molecular flexibility index (Phi) is 6.99. The standard InChI is InChI=1S/C25H23N3O3S/c29-24(22-11-5-13-31-22)27-20-10-4-9-19(15-20)17-26-25(30)28-21(23-12-6-14-32-23)16-18-7-2-1-3-8-18/h1-15,21H,16-17H2,(H,27,29)(H2,26,28,30). The summed E-state index contributed by atoms with van der Waals surface area (Å²) in [5.41, 5.74) is 2.66. The normalized spacial score (nSPS) is 11.5. The molecule has 0 aliphatic carbocycles. The molecule has 1 unspecified atom stereocenters. The van der Waals surface area contributed by atoms with Crippen LogP contribution in [0, 0.1) is 0 Å². The lowest BCUT2D eigenvalue weighted by atomic mass is 10.0. The van der Waals surface area contributed by atoms with E-state index in [0.717, 1.165) is 16.0 Å². The van der Waals surface area contributed by atoms with Crippen LogP contribution in [-0.4, -0.2) is 11.9 Å². The summed E-state index contributed by atoms with van der Waals surface area (Å²) in [6.45, 7) is 0.332. The topological polar surface area (TPSA) is 83.4 Å². The van der Waals surface area contributed by atoms with Gasteiger partial charge in [-0.2, -0.15) is 0 Å². The van der Waals surface area contributed by atoms with Gasteiger partial charge in [0.2, 0.25) is 0 Å². The van der Waals surface area contributed by atoms with Crippen molar-refractivity contribution in [2.24, 2.45) is 0 Å². The number of thiophene rings is 1. The van der Waals surface area contributed by atoms with Crippen molar-refractivity contribution in [3.05, 3.63) is 112 Å². The first-order valence-electron chi connectivity index (χ1n) is 10.2. The molecule has 2 aromatic heterocycles. The molecule has 6 nitrogen and oxygen atoms in total. The Morgan fingerprint density at radius 3 is 2.50 bits per heavy atom. The Morgan fingerprint density at radius 2 is 1.75 bits per heavy atom. The Hall–Kier alpha value is -3.84. The predicted octanol–water partition coefficient (Wildman–Crippen LogP) is 5.38. The second kappa shape index (κ2) is 10.5. The third kappa shape index (κ3) is 5.86. The lowest BCUT2D eigenvalue weighted by Crippen LogP contribution is -2.38. The maximum atomic E-state index is 12.6. The van der Waals surface area contributed by atoms with Gasteiger partial charge in [0.25, 0.3) is 5.91 Å². The first-order chi connectivity index (χ1) is 15.7. The Labute approximate surface area is 190 Å². The molecule has 7 heteroatoms. The minimum absolute atomic E-state index is 0.115. The summed E-state index contributed by atoms with van der Waals surface area (Å²) in [6.07, 6.45) is 2.16. The van der Waals surface area contributed by atoms with Crippen molar-refractivity contribution >= 4 is 29.0 Å².